The molecule has 1 fully saturated rings. The van der Waals surface area contributed by atoms with Gasteiger partial charge in [0.05, 0.1) is 5.54 Å². The van der Waals surface area contributed by atoms with Crippen molar-refractivity contribution in [1.29, 1.82) is 0 Å². The minimum atomic E-state index is -0.361. The zero-order valence-corrected chi connectivity index (χ0v) is 11.2. The number of nitrogens with zero attached hydrogens (tertiary/aromatic N) is 1. The zero-order valence-electron chi connectivity index (χ0n) is 11.2. The van der Waals surface area contributed by atoms with Gasteiger partial charge in [-0.25, -0.2) is 0 Å². The fraction of sp³-hybridized carbons (Fsp3) is 0.533. The van der Waals surface area contributed by atoms with Crippen LogP contribution in [0.2, 0.25) is 0 Å². The Bertz CT molecular complexity index is 448. The molecule has 92 valence electrons. The van der Waals surface area contributed by atoms with E-state index >= 15 is 0 Å². The Morgan fingerprint density at radius 3 is 2.53 bits per heavy atom. The Morgan fingerprint density at radius 2 is 1.88 bits per heavy atom. The quantitative estimate of drug-likeness (QED) is 0.739. The van der Waals surface area contributed by atoms with Crippen molar-refractivity contribution >= 4 is 11.5 Å². The van der Waals surface area contributed by atoms with Gasteiger partial charge in [-0.1, -0.05) is 6.07 Å². The molecule has 0 aliphatic carbocycles. The second kappa shape index (κ2) is 4.17. The molecule has 1 saturated heterocycles. The summed E-state index contributed by atoms with van der Waals surface area (Å²) in [5.41, 5.74) is 3.40. The van der Waals surface area contributed by atoms with Crippen molar-refractivity contribution < 1.29 is 4.79 Å². The van der Waals surface area contributed by atoms with E-state index in [1.54, 1.807) is 0 Å². The number of carbonyl (C=O) groups is 1. The second-order valence-electron chi connectivity index (χ2n) is 5.51. The fourth-order valence-electron chi connectivity index (χ4n) is 2.48. The Kier molecular flexibility index (Phi) is 2.98. The Morgan fingerprint density at radius 1 is 1.18 bits per heavy atom. The van der Waals surface area contributed by atoms with E-state index in [1.807, 2.05) is 13.8 Å². The van der Waals surface area contributed by atoms with Gasteiger partial charge in [0, 0.05) is 18.7 Å². The molecule has 0 unspecified atom stereocenters. The molecular formula is C15H21NO. The van der Waals surface area contributed by atoms with Crippen molar-refractivity contribution in [2.24, 2.45) is 0 Å². The highest BCUT2D eigenvalue weighted by molar-refractivity contribution is 5.92. The molecule has 0 saturated carbocycles. The summed E-state index contributed by atoms with van der Waals surface area (Å²) in [5, 5.41) is 0. The first-order valence-corrected chi connectivity index (χ1v) is 6.31. The molecule has 2 heteroatoms. The largest absolute Gasteiger partial charge is 0.359 e. The highest BCUT2D eigenvalue weighted by Gasteiger charge is 2.37. The molecule has 0 amide bonds. The zero-order chi connectivity index (χ0) is 12.6. The van der Waals surface area contributed by atoms with E-state index in [0.717, 1.165) is 13.0 Å². The minimum absolute atomic E-state index is 0.349. The predicted molar refractivity (Wildman–Crippen MR) is 71.6 cm³/mol. The third-order valence-electron chi connectivity index (χ3n) is 3.94. The first kappa shape index (κ1) is 12.2. The van der Waals surface area contributed by atoms with Gasteiger partial charge in [-0.15, -0.1) is 0 Å². The first-order valence-electron chi connectivity index (χ1n) is 6.31. The first-order chi connectivity index (χ1) is 7.93. The average Bonchev–Trinajstić information content (AvgIpc) is 2.26. The molecule has 1 heterocycles. The third kappa shape index (κ3) is 2.08. The molecule has 1 aromatic rings. The smallest absolute Gasteiger partial charge is 0.157 e. The number of piperidine rings is 1. The Labute approximate surface area is 104 Å². The monoisotopic (exact) mass is 231 g/mol. The van der Waals surface area contributed by atoms with E-state index in [1.165, 1.54) is 16.8 Å². The number of hydrogen-bond donors (Lipinski definition) is 0. The maximum Gasteiger partial charge on any atom is 0.157 e. The lowest BCUT2D eigenvalue weighted by Crippen LogP contribution is -2.54. The van der Waals surface area contributed by atoms with Crippen LogP contribution >= 0.6 is 0 Å². The van der Waals surface area contributed by atoms with Gasteiger partial charge in [0.25, 0.3) is 0 Å². The van der Waals surface area contributed by atoms with Gasteiger partial charge >= 0.3 is 0 Å². The lowest BCUT2D eigenvalue weighted by molar-refractivity contribution is -0.124. The van der Waals surface area contributed by atoms with Gasteiger partial charge in [0.1, 0.15) is 0 Å². The Balaban J connectivity index is 2.38. The van der Waals surface area contributed by atoms with Gasteiger partial charge in [-0.2, -0.15) is 0 Å². The lowest BCUT2D eigenvalue weighted by Gasteiger charge is -2.43. The number of hydrogen-bond acceptors (Lipinski definition) is 2. The van der Waals surface area contributed by atoms with Crippen molar-refractivity contribution in [2.75, 3.05) is 11.4 Å². The number of anilines is 1. The molecule has 1 aliphatic heterocycles. The van der Waals surface area contributed by atoms with Crippen LogP contribution in [0.15, 0.2) is 18.2 Å². The molecule has 17 heavy (non-hydrogen) atoms. The number of benzene rings is 1. The van der Waals surface area contributed by atoms with Crippen LogP contribution in [0.4, 0.5) is 5.69 Å². The van der Waals surface area contributed by atoms with Gasteiger partial charge in [0.15, 0.2) is 5.78 Å². The summed E-state index contributed by atoms with van der Waals surface area (Å²) in [6.07, 6.45) is 1.68. The van der Waals surface area contributed by atoms with Crippen LogP contribution in [-0.4, -0.2) is 17.9 Å². The normalized spacial score (nSPS) is 19.5. The van der Waals surface area contributed by atoms with Crippen molar-refractivity contribution in [3.05, 3.63) is 29.3 Å². The van der Waals surface area contributed by atoms with Gasteiger partial charge < -0.3 is 4.90 Å². The number of Topliss-reactive ketones (excluding diaryl/α,β-unsaturated/α-hetero) is 1. The van der Waals surface area contributed by atoms with Crippen LogP contribution in [-0.2, 0) is 4.79 Å². The maximum absolute atomic E-state index is 12.0. The van der Waals surface area contributed by atoms with Crippen molar-refractivity contribution in [1.82, 2.24) is 0 Å². The van der Waals surface area contributed by atoms with E-state index in [9.17, 15) is 4.79 Å². The van der Waals surface area contributed by atoms with E-state index in [-0.39, 0.29) is 5.54 Å². The van der Waals surface area contributed by atoms with Crippen molar-refractivity contribution in [3.63, 3.8) is 0 Å². The average molecular weight is 231 g/mol. The fourth-order valence-corrected chi connectivity index (χ4v) is 2.48. The van der Waals surface area contributed by atoms with Crippen LogP contribution in [0.3, 0.4) is 0 Å². The molecule has 2 nitrogen and oxygen atoms in total. The van der Waals surface area contributed by atoms with Crippen molar-refractivity contribution in [2.45, 2.75) is 46.1 Å². The van der Waals surface area contributed by atoms with Gasteiger partial charge in [0.2, 0.25) is 0 Å². The summed E-state index contributed by atoms with van der Waals surface area (Å²) in [7, 11) is 0. The predicted octanol–water partition coefficient (Wildman–Crippen LogP) is 3.25. The molecule has 0 aromatic heterocycles. The summed E-state index contributed by atoms with van der Waals surface area (Å²) >= 11 is 0. The van der Waals surface area contributed by atoms with Crippen LogP contribution in [0, 0.1) is 13.8 Å². The Hall–Kier alpha value is -1.31. The second-order valence-corrected chi connectivity index (χ2v) is 5.51. The summed E-state index contributed by atoms with van der Waals surface area (Å²) in [6, 6.07) is 6.46. The maximum atomic E-state index is 12.0. The standard InChI is InChI=1S/C15H21NO/c1-11-7-8-13(10-12(11)2)16-9-5-6-14(17)15(16,3)4/h7-8,10H,5-6,9H2,1-4H3. The lowest BCUT2D eigenvalue weighted by atomic mass is 9.88. The van der Waals surface area contributed by atoms with Gasteiger partial charge in [-0.3, -0.25) is 4.79 Å². The molecule has 0 N–H and O–H groups in total. The molecular weight excluding hydrogens is 210 g/mol. The van der Waals surface area contributed by atoms with E-state index in [0.29, 0.717) is 12.2 Å². The van der Waals surface area contributed by atoms with Crippen LogP contribution in [0.5, 0.6) is 0 Å². The number of ketones is 1. The number of rotatable bonds is 1. The van der Waals surface area contributed by atoms with E-state index < -0.39 is 0 Å². The molecule has 1 aliphatic rings. The highest BCUT2D eigenvalue weighted by atomic mass is 16.1. The van der Waals surface area contributed by atoms with Crippen LogP contribution < -0.4 is 4.90 Å². The molecule has 1 aromatic carbocycles. The molecule has 0 radical (unpaired) electrons. The molecule has 0 atom stereocenters. The number of aryl methyl sites for hydroxylation is 2. The summed E-state index contributed by atoms with van der Waals surface area (Å²) in [4.78, 5) is 14.3. The summed E-state index contributed by atoms with van der Waals surface area (Å²) in [6.45, 7) is 9.28. The van der Waals surface area contributed by atoms with Gasteiger partial charge in [-0.05, 0) is 57.4 Å². The molecule has 0 bridgehead atoms. The van der Waals surface area contributed by atoms with Crippen LogP contribution in [0.25, 0.3) is 0 Å². The highest BCUT2D eigenvalue weighted by Crippen LogP contribution is 2.31. The van der Waals surface area contributed by atoms with E-state index in [2.05, 4.69) is 36.9 Å². The van der Waals surface area contributed by atoms with E-state index in [4.69, 9.17) is 0 Å². The topological polar surface area (TPSA) is 20.3 Å². The van der Waals surface area contributed by atoms with Crippen molar-refractivity contribution in [3.8, 4) is 0 Å². The number of carbonyl (C=O) groups excluding carboxylic acids is 1. The SMILES string of the molecule is Cc1ccc(N2CCCC(=O)C2(C)C)cc1C. The molecule has 0 spiro atoms. The summed E-state index contributed by atoms with van der Waals surface area (Å²) in [5.74, 6) is 0.349. The molecule has 2 rings (SSSR count). The third-order valence-corrected chi connectivity index (χ3v) is 3.94. The minimum Gasteiger partial charge on any atom is -0.359 e. The summed E-state index contributed by atoms with van der Waals surface area (Å²) < 4.78 is 0. The van der Waals surface area contributed by atoms with Crippen LogP contribution in [0.1, 0.15) is 37.8 Å².